The third kappa shape index (κ3) is 1.39. The molecular formula is C9H12N2O3. The summed E-state index contributed by atoms with van der Waals surface area (Å²) in [6, 6.07) is -1.08. The molecule has 0 amide bonds. The summed E-state index contributed by atoms with van der Waals surface area (Å²) >= 11 is 0. The lowest BCUT2D eigenvalue weighted by Gasteiger charge is -2.10. The number of aromatic nitrogens is 1. The van der Waals surface area contributed by atoms with Crippen molar-refractivity contribution in [3.05, 3.63) is 17.0 Å². The predicted octanol–water partition coefficient (Wildman–Crippen LogP) is 0.638. The Bertz CT molecular complexity index is 359. The summed E-state index contributed by atoms with van der Waals surface area (Å²) in [5.41, 5.74) is 7.26. The van der Waals surface area contributed by atoms with Gasteiger partial charge in [-0.2, -0.15) is 0 Å². The highest BCUT2D eigenvalue weighted by atomic mass is 16.5. The SMILES string of the molecule is NC(C(=O)O)c1onc2c1CCCC2. The van der Waals surface area contributed by atoms with E-state index in [0.717, 1.165) is 36.9 Å². The highest BCUT2D eigenvalue weighted by Gasteiger charge is 2.27. The van der Waals surface area contributed by atoms with Crippen molar-refractivity contribution < 1.29 is 14.4 Å². The van der Waals surface area contributed by atoms with Gasteiger partial charge >= 0.3 is 5.97 Å². The molecule has 1 unspecified atom stereocenters. The van der Waals surface area contributed by atoms with Crippen LogP contribution in [0, 0.1) is 0 Å². The van der Waals surface area contributed by atoms with Crippen LogP contribution in [0.15, 0.2) is 4.52 Å². The summed E-state index contributed by atoms with van der Waals surface area (Å²) in [6.45, 7) is 0. The average Bonchev–Trinajstić information content (AvgIpc) is 2.60. The van der Waals surface area contributed by atoms with Crippen LogP contribution >= 0.6 is 0 Å². The van der Waals surface area contributed by atoms with Gasteiger partial charge in [0, 0.05) is 5.56 Å². The molecule has 76 valence electrons. The zero-order valence-corrected chi connectivity index (χ0v) is 7.69. The highest BCUT2D eigenvalue weighted by Crippen LogP contribution is 2.27. The first-order valence-corrected chi connectivity index (χ1v) is 4.66. The number of carboxylic acid groups (broad SMARTS) is 1. The van der Waals surface area contributed by atoms with Gasteiger partial charge in [-0.25, -0.2) is 0 Å². The second-order valence-electron chi connectivity index (χ2n) is 3.50. The zero-order chi connectivity index (χ0) is 10.1. The fourth-order valence-electron chi connectivity index (χ4n) is 1.77. The smallest absolute Gasteiger partial charge is 0.328 e. The fraction of sp³-hybridized carbons (Fsp3) is 0.556. The molecule has 0 spiro atoms. The van der Waals surface area contributed by atoms with Gasteiger partial charge in [0.2, 0.25) is 0 Å². The molecule has 5 nitrogen and oxygen atoms in total. The number of carboxylic acids is 1. The summed E-state index contributed by atoms with van der Waals surface area (Å²) in [6.07, 6.45) is 3.83. The van der Waals surface area contributed by atoms with Gasteiger partial charge in [0.25, 0.3) is 0 Å². The molecule has 1 heterocycles. The van der Waals surface area contributed by atoms with Gasteiger partial charge in [-0.05, 0) is 25.7 Å². The predicted molar refractivity (Wildman–Crippen MR) is 47.7 cm³/mol. The lowest BCUT2D eigenvalue weighted by Crippen LogP contribution is -2.21. The Labute approximate surface area is 80.9 Å². The molecule has 0 bridgehead atoms. The van der Waals surface area contributed by atoms with Crippen LogP contribution < -0.4 is 5.73 Å². The van der Waals surface area contributed by atoms with Crippen LogP contribution in [0.3, 0.4) is 0 Å². The van der Waals surface area contributed by atoms with Gasteiger partial charge in [-0.1, -0.05) is 5.16 Å². The van der Waals surface area contributed by atoms with E-state index < -0.39 is 12.0 Å². The van der Waals surface area contributed by atoms with Crippen molar-refractivity contribution in [2.75, 3.05) is 0 Å². The quantitative estimate of drug-likeness (QED) is 0.724. The standard InChI is InChI=1S/C9H12N2O3/c10-7(9(12)13)8-5-3-1-2-4-6(5)11-14-8/h7H,1-4,10H2,(H,12,13). The second-order valence-corrected chi connectivity index (χ2v) is 3.50. The lowest BCUT2D eigenvalue weighted by atomic mass is 9.94. The number of carbonyl (C=O) groups is 1. The Kier molecular flexibility index (Phi) is 2.25. The molecule has 1 aromatic heterocycles. The Morgan fingerprint density at radius 3 is 2.93 bits per heavy atom. The molecule has 0 saturated carbocycles. The maximum absolute atomic E-state index is 10.7. The first kappa shape index (κ1) is 9.21. The molecule has 3 N–H and O–H groups in total. The minimum atomic E-state index is -1.08. The number of rotatable bonds is 2. The van der Waals surface area contributed by atoms with Gasteiger partial charge in [0.05, 0.1) is 5.69 Å². The topological polar surface area (TPSA) is 89.4 Å². The van der Waals surface area contributed by atoms with Crippen LogP contribution in [-0.2, 0) is 17.6 Å². The van der Waals surface area contributed by atoms with E-state index in [2.05, 4.69) is 5.16 Å². The normalized spacial score (nSPS) is 17.5. The van der Waals surface area contributed by atoms with E-state index in [9.17, 15) is 4.79 Å². The van der Waals surface area contributed by atoms with E-state index in [0.29, 0.717) is 5.76 Å². The van der Waals surface area contributed by atoms with Crippen LogP contribution in [-0.4, -0.2) is 16.2 Å². The minimum absolute atomic E-state index is 0.326. The fourth-order valence-corrected chi connectivity index (χ4v) is 1.77. The van der Waals surface area contributed by atoms with Crippen molar-refractivity contribution in [2.45, 2.75) is 31.7 Å². The number of nitrogens with zero attached hydrogens (tertiary/aromatic N) is 1. The van der Waals surface area contributed by atoms with E-state index >= 15 is 0 Å². The number of fused-ring (bicyclic) bond motifs is 1. The van der Waals surface area contributed by atoms with Crippen molar-refractivity contribution in [3.8, 4) is 0 Å². The van der Waals surface area contributed by atoms with E-state index in [4.69, 9.17) is 15.4 Å². The van der Waals surface area contributed by atoms with Crippen LogP contribution in [0.4, 0.5) is 0 Å². The molecular weight excluding hydrogens is 184 g/mol. The molecule has 1 aliphatic carbocycles. The van der Waals surface area contributed by atoms with Crippen LogP contribution in [0.2, 0.25) is 0 Å². The van der Waals surface area contributed by atoms with Crippen molar-refractivity contribution in [2.24, 2.45) is 5.73 Å². The van der Waals surface area contributed by atoms with E-state index in [1.807, 2.05) is 0 Å². The first-order chi connectivity index (χ1) is 6.70. The van der Waals surface area contributed by atoms with Crippen molar-refractivity contribution in [3.63, 3.8) is 0 Å². The molecule has 0 aromatic carbocycles. The van der Waals surface area contributed by atoms with Gasteiger partial charge in [0.1, 0.15) is 0 Å². The monoisotopic (exact) mass is 196 g/mol. The molecule has 1 aliphatic rings. The number of hydrogen-bond donors (Lipinski definition) is 2. The number of aryl methyl sites for hydroxylation is 1. The minimum Gasteiger partial charge on any atom is -0.480 e. The lowest BCUT2D eigenvalue weighted by molar-refractivity contribution is -0.139. The van der Waals surface area contributed by atoms with Crippen molar-refractivity contribution >= 4 is 5.97 Å². The molecule has 2 rings (SSSR count). The molecule has 1 atom stereocenters. The maximum atomic E-state index is 10.7. The molecule has 0 radical (unpaired) electrons. The number of nitrogens with two attached hydrogens (primary N) is 1. The molecule has 1 aromatic rings. The molecule has 14 heavy (non-hydrogen) atoms. The van der Waals surface area contributed by atoms with Gasteiger partial charge in [-0.15, -0.1) is 0 Å². The molecule has 0 saturated heterocycles. The van der Waals surface area contributed by atoms with Crippen molar-refractivity contribution in [1.82, 2.24) is 5.16 Å². The zero-order valence-electron chi connectivity index (χ0n) is 7.69. The van der Waals surface area contributed by atoms with Gasteiger partial charge in [-0.3, -0.25) is 4.79 Å². The number of hydrogen-bond acceptors (Lipinski definition) is 4. The Morgan fingerprint density at radius 1 is 1.50 bits per heavy atom. The second kappa shape index (κ2) is 3.42. The third-order valence-electron chi connectivity index (χ3n) is 2.54. The summed E-state index contributed by atoms with van der Waals surface area (Å²) in [5, 5.41) is 12.6. The highest BCUT2D eigenvalue weighted by molar-refractivity contribution is 5.74. The first-order valence-electron chi connectivity index (χ1n) is 4.66. The van der Waals surface area contributed by atoms with E-state index in [1.165, 1.54) is 0 Å². The average molecular weight is 196 g/mol. The van der Waals surface area contributed by atoms with Crippen LogP contribution in [0.1, 0.15) is 35.9 Å². The van der Waals surface area contributed by atoms with Crippen LogP contribution in [0.5, 0.6) is 0 Å². The van der Waals surface area contributed by atoms with Gasteiger partial charge < -0.3 is 15.4 Å². The summed E-state index contributed by atoms with van der Waals surface area (Å²) < 4.78 is 4.98. The van der Waals surface area contributed by atoms with Gasteiger partial charge in [0.15, 0.2) is 11.8 Å². The summed E-state index contributed by atoms with van der Waals surface area (Å²) in [7, 11) is 0. The Morgan fingerprint density at radius 2 is 2.21 bits per heavy atom. The van der Waals surface area contributed by atoms with E-state index in [1.54, 1.807) is 0 Å². The number of aliphatic carboxylic acids is 1. The largest absolute Gasteiger partial charge is 0.480 e. The molecule has 0 aliphatic heterocycles. The van der Waals surface area contributed by atoms with E-state index in [-0.39, 0.29) is 0 Å². The Hall–Kier alpha value is -1.36. The summed E-state index contributed by atoms with van der Waals surface area (Å²) in [5.74, 6) is -0.748. The summed E-state index contributed by atoms with van der Waals surface area (Å²) in [4.78, 5) is 10.7. The molecule has 0 fully saturated rings. The van der Waals surface area contributed by atoms with Crippen LogP contribution in [0.25, 0.3) is 0 Å². The van der Waals surface area contributed by atoms with Crippen molar-refractivity contribution in [1.29, 1.82) is 0 Å². The molecule has 5 heteroatoms. The maximum Gasteiger partial charge on any atom is 0.328 e. The Balaban J connectivity index is 2.34. The third-order valence-corrected chi connectivity index (χ3v) is 2.54.